The molecule has 1 aromatic heterocycles. The van der Waals surface area contributed by atoms with E-state index < -0.39 is 33.9 Å². The van der Waals surface area contributed by atoms with Crippen LogP contribution in [0.1, 0.15) is 50.6 Å². The van der Waals surface area contributed by atoms with Gasteiger partial charge in [0.05, 0.1) is 11.5 Å². The fourth-order valence-electron chi connectivity index (χ4n) is 3.82. The summed E-state index contributed by atoms with van der Waals surface area (Å²) < 4.78 is 30.8. The number of aryl methyl sites for hydroxylation is 1. The molecule has 2 rings (SSSR count). The van der Waals surface area contributed by atoms with Crippen LogP contribution in [-0.4, -0.2) is 60.5 Å². The molecule has 0 saturated carbocycles. The number of nitriles is 1. The van der Waals surface area contributed by atoms with Crippen LogP contribution in [0.5, 0.6) is 0 Å². The van der Waals surface area contributed by atoms with E-state index in [2.05, 4.69) is 18.4 Å². The first-order valence-corrected chi connectivity index (χ1v) is 12.6. The van der Waals surface area contributed by atoms with E-state index >= 15 is 0 Å². The third-order valence-corrected chi connectivity index (χ3v) is 7.67. The Hall–Kier alpha value is -2.60. The fourth-order valence-corrected chi connectivity index (χ4v) is 5.59. The van der Waals surface area contributed by atoms with Gasteiger partial charge < -0.3 is 14.2 Å². The van der Waals surface area contributed by atoms with E-state index in [1.165, 1.54) is 24.9 Å². The van der Waals surface area contributed by atoms with Gasteiger partial charge in [-0.05, 0) is 57.2 Å². The smallest absolute Gasteiger partial charge is 0.349 e. The Labute approximate surface area is 190 Å². The quantitative estimate of drug-likeness (QED) is 0.333. The summed E-state index contributed by atoms with van der Waals surface area (Å²) in [6.45, 7) is 10.5. The van der Waals surface area contributed by atoms with Gasteiger partial charge in [0.1, 0.15) is 11.6 Å². The SMILES string of the molecule is Cc1cc(/C=C(\C#N)C(=O)OC(C)C(=O)N(C)C2CCS(=O)(=O)C2)c(C)n1CCC(C)C. The maximum absolute atomic E-state index is 12.6. The molecule has 1 saturated heterocycles. The summed E-state index contributed by atoms with van der Waals surface area (Å²) in [6, 6.07) is 3.35. The highest BCUT2D eigenvalue weighted by Crippen LogP contribution is 2.21. The van der Waals surface area contributed by atoms with Crippen LogP contribution in [0.2, 0.25) is 0 Å². The van der Waals surface area contributed by atoms with E-state index in [1.807, 2.05) is 26.0 Å². The summed E-state index contributed by atoms with van der Waals surface area (Å²) in [7, 11) is -1.64. The van der Waals surface area contributed by atoms with Gasteiger partial charge in [-0.15, -0.1) is 0 Å². The van der Waals surface area contributed by atoms with Crippen LogP contribution >= 0.6 is 0 Å². The number of sulfone groups is 1. The molecule has 1 fully saturated rings. The Balaban J connectivity index is 2.11. The van der Waals surface area contributed by atoms with Crippen LogP contribution in [0.25, 0.3) is 6.08 Å². The predicted molar refractivity (Wildman–Crippen MR) is 122 cm³/mol. The monoisotopic (exact) mass is 463 g/mol. The lowest BCUT2D eigenvalue weighted by molar-refractivity contribution is -0.155. The summed E-state index contributed by atoms with van der Waals surface area (Å²) in [5, 5.41) is 9.50. The first-order chi connectivity index (χ1) is 14.9. The second-order valence-electron chi connectivity index (χ2n) is 8.88. The number of carbonyl (C=O) groups is 2. The molecule has 0 spiro atoms. The average Bonchev–Trinajstić information content (AvgIpc) is 3.21. The molecule has 2 unspecified atom stereocenters. The van der Waals surface area contributed by atoms with Crippen LogP contribution in [0.3, 0.4) is 0 Å². The summed E-state index contributed by atoms with van der Waals surface area (Å²) in [5.41, 5.74) is 2.55. The second-order valence-corrected chi connectivity index (χ2v) is 11.1. The molecule has 0 N–H and O–H groups in total. The number of aromatic nitrogens is 1. The van der Waals surface area contributed by atoms with Gasteiger partial charge in [0, 0.05) is 31.0 Å². The summed E-state index contributed by atoms with van der Waals surface area (Å²) in [6.07, 6.45) is 1.73. The molecule has 176 valence electrons. The molecular formula is C23H33N3O5S. The minimum Gasteiger partial charge on any atom is -0.448 e. The van der Waals surface area contributed by atoms with Crippen LogP contribution < -0.4 is 0 Å². The van der Waals surface area contributed by atoms with Gasteiger partial charge in [-0.25, -0.2) is 13.2 Å². The van der Waals surface area contributed by atoms with Crippen molar-refractivity contribution < 1.29 is 22.7 Å². The van der Waals surface area contributed by atoms with Crippen molar-refractivity contribution in [2.75, 3.05) is 18.6 Å². The highest BCUT2D eigenvalue weighted by Gasteiger charge is 2.35. The van der Waals surface area contributed by atoms with Crippen molar-refractivity contribution in [1.82, 2.24) is 9.47 Å². The number of carbonyl (C=O) groups excluding carboxylic acids is 2. The minimum absolute atomic E-state index is 0.0420. The highest BCUT2D eigenvalue weighted by atomic mass is 32.2. The Kier molecular flexibility index (Phi) is 8.29. The molecule has 1 amide bonds. The van der Waals surface area contributed by atoms with Crippen molar-refractivity contribution in [3.8, 4) is 6.07 Å². The molecule has 8 nitrogen and oxygen atoms in total. The summed E-state index contributed by atoms with van der Waals surface area (Å²) in [5.74, 6) is -0.870. The maximum atomic E-state index is 12.6. The first-order valence-electron chi connectivity index (χ1n) is 10.8. The Bertz CT molecular complexity index is 1050. The summed E-state index contributed by atoms with van der Waals surface area (Å²) >= 11 is 0. The molecule has 32 heavy (non-hydrogen) atoms. The van der Waals surface area contributed by atoms with Crippen LogP contribution in [0, 0.1) is 31.1 Å². The van der Waals surface area contributed by atoms with E-state index in [1.54, 1.807) is 0 Å². The highest BCUT2D eigenvalue weighted by molar-refractivity contribution is 7.91. The van der Waals surface area contributed by atoms with Gasteiger partial charge in [0.2, 0.25) is 0 Å². The topological polar surface area (TPSA) is 109 Å². The van der Waals surface area contributed by atoms with Crippen LogP contribution in [-0.2, 0) is 30.7 Å². The van der Waals surface area contributed by atoms with E-state index in [4.69, 9.17) is 4.74 Å². The molecule has 1 aliphatic heterocycles. The Morgan fingerprint density at radius 3 is 2.53 bits per heavy atom. The molecular weight excluding hydrogens is 430 g/mol. The number of nitrogens with zero attached hydrogens (tertiary/aromatic N) is 3. The zero-order chi connectivity index (χ0) is 24.2. The minimum atomic E-state index is -3.15. The third-order valence-electron chi connectivity index (χ3n) is 5.92. The van der Waals surface area contributed by atoms with Gasteiger partial charge in [0.25, 0.3) is 5.91 Å². The largest absolute Gasteiger partial charge is 0.448 e. The Morgan fingerprint density at radius 1 is 1.34 bits per heavy atom. The number of ether oxygens (including phenoxy) is 1. The molecule has 1 aromatic rings. The van der Waals surface area contributed by atoms with Crippen molar-refractivity contribution in [3.63, 3.8) is 0 Å². The van der Waals surface area contributed by atoms with Gasteiger partial charge in [-0.3, -0.25) is 4.79 Å². The zero-order valence-corrected chi connectivity index (χ0v) is 20.5. The van der Waals surface area contributed by atoms with Gasteiger partial charge in [0.15, 0.2) is 15.9 Å². The van der Waals surface area contributed by atoms with Crippen molar-refractivity contribution in [2.45, 2.75) is 66.2 Å². The molecule has 0 aromatic carbocycles. The molecule has 2 atom stereocenters. The molecule has 2 heterocycles. The van der Waals surface area contributed by atoms with E-state index in [0.717, 1.165) is 29.9 Å². The Morgan fingerprint density at radius 2 is 2.00 bits per heavy atom. The molecule has 9 heteroatoms. The van der Waals surface area contributed by atoms with Crippen LogP contribution in [0.15, 0.2) is 11.6 Å². The van der Waals surface area contributed by atoms with Gasteiger partial charge in [-0.1, -0.05) is 13.8 Å². The number of amides is 1. The lowest BCUT2D eigenvalue weighted by Crippen LogP contribution is -2.44. The molecule has 0 aliphatic carbocycles. The average molecular weight is 464 g/mol. The third kappa shape index (κ3) is 6.22. The van der Waals surface area contributed by atoms with Crippen molar-refractivity contribution in [2.24, 2.45) is 5.92 Å². The number of rotatable bonds is 8. The van der Waals surface area contributed by atoms with Gasteiger partial charge >= 0.3 is 5.97 Å². The molecule has 1 aliphatic rings. The predicted octanol–water partition coefficient (Wildman–Crippen LogP) is 2.64. The van der Waals surface area contributed by atoms with Crippen LogP contribution in [0.4, 0.5) is 0 Å². The number of likely N-dealkylation sites (N-methyl/N-ethyl adjacent to an activating group) is 1. The van der Waals surface area contributed by atoms with Gasteiger partial charge in [-0.2, -0.15) is 5.26 Å². The maximum Gasteiger partial charge on any atom is 0.349 e. The van der Waals surface area contributed by atoms with Crippen molar-refractivity contribution >= 4 is 27.8 Å². The zero-order valence-electron chi connectivity index (χ0n) is 19.7. The first kappa shape index (κ1) is 25.7. The number of hydrogen-bond acceptors (Lipinski definition) is 6. The fraction of sp³-hybridized carbons (Fsp3) is 0.609. The normalized spacial score (nSPS) is 18.9. The lowest BCUT2D eigenvalue weighted by Gasteiger charge is -2.26. The number of esters is 1. The van der Waals surface area contributed by atoms with E-state index in [0.29, 0.717) is 12.3 Å². The standard InChI is InChI=1S/C23H33N3O5S/c1-15(2)7-9-26-16(3)11-19(17(26)4)12-20(13-24)23(28)31-18(5)22(27)25(6)21-8-10-32(29,30)14-21/h11-12,15,18,21H,7-10,14H2,1-6H3/b20-12+. The second kappa shape index (κ2) is 10.3. The number of hydrogen-bond donors (Lipinski definition) is 0. The molecule has 0 radical (unpaired) electrons. The van der Waals surface area contributed by atoms with Crippen molar-refractivity contribution in [1.29, 1.82) is 5.26 Å². The van der Waals surface area contributed by atoms with Crippen molar-refractivity contribution in [3.05, 3.63) is 28.6 Å². The van der Waals surface area contributed by atoms with E-state index in [9.17, 15) is 23.3 Å². The summed E-state index contributed by atoms with van der Waals surface area (Å²) in [4.78, 5) is 26.5. The lowest BCUT2D eigenvalue weighted by atomic mass is 10.1. The molecule has 0 bridgehead atoms. The van der Waals surface area contributed by atoms with E-state index in [-0.39, 0.29) is 17.1 Å².